The van der Waals surface area contributed by atoms with E-state index >= 15 is 0 Å². The van der Waals surface area contributed by atoms with Gasteiger partial charge in [-0.3, -0.25) is 4.79 Å². The van der Waals surface area contributed by atoms with E-state index in [0.717, 1.165) is 5.56 Å². The monoisotopic (exact) mass is 373 g/mol. The summed E-state index contributed by atoms with van der Waals surface area (Å²) in [6.07, 6.45) is 0.330. The van der Waals surface area contributed by atoms with Crippen LogP contribution >= 0.6 is 11.6 Å². The van der Waals surface area contributed by atoms with Crippen molar-refractivity contribution in [3.63, 3.8) is 0 Å². The van der Waals surface area contributed by atoms with E-state index in [2.05, 4.69) is 0 Å². The second kappa shape index (κ2) is 8.89. The number of benzene rings is 1. The van der Waals surface area contributed by atoms with Gasteiger partial charge in [0.2, 0.25) is 0 Å². The summed E-state index contributed by atoms with van der Waals surface area (Å²) in [7, 11) is 0. The number of halogens is 1. The predicted octanol–water partition coefficient (Wildman–Crippen LogP) is 2.79. The molecule has 134 valence electrons. The first-order valence-corrected chi connectivity index (χ1v) is 8.22. The van der Waals surface area contributed by atoms with E-state index in [4.69, 9.17) is 31.3 Å². The van der Waals surface area contributed by atoms with Crippen molar-refractivity contribution >= 4 is 28.5 Å². The highest BCUT2D eigenvalue weighted by atomic mass is 35.5. The van der Waals surface area contributed by atoms with Crippen LogP contribution in [-0.2, 0) is 4.79 Å². The molecule has 1 aromatic heterocycles. The summed E-state index contributed by atoms with van der Waals surface area (Å²) in [5, 5.41) is 18.3. The molecule has 7 nitrogen and oxygen atoms in total. The Morgan fingerprint density at radius 3 is 2.50 bits per heavy atom. The van der Waals surface area contributed by atoms with E-state index in [0.29, 0.717) is 11.0 Å². The highest BCUT2D eigenvalue weighted by Crippen LogP contribution is 2.31. The lowest BCUT2D eigenvalue weighted by Crippen LogP contribution is -2.36. The van der Waals surface area contributed by atoms with E-state index in [1.807, 2.05) is 12.1 Å². The van der Waals surface area contributed by atoms with Gasteiger partial charge >= 0.3 is 5.63 Å². The molecule has 0 atom stereocenters. The first-order chi connectivity index (χ1) is 12.5. The van der Waals surface area contributed by atoms with E-state index in [-0.39, 0.29) is 49.2 Å². The van der Waals surface area contributed by atoms with Crippen molar-refractivity contribution in [1.29, 1.82) is 10.5 Å². The largest absolute Gasteiger partial charge is 0.482 e. The Kier molecular flexibility index (Phi) is 6.60. The van der Waals surface area contributed by atoms with Crippen LogP contribution in [0.5, 0.6) is 5.75 Å². The van der Waals surface area contributed by atoms with E-state index in [1.54, 1.807) is 13.0 Å². The van der Waals surface area contributed by atoms with Crippen molar-refractivity contribution in [2.75, 3.05) is 19.7 Å². The Balaban J connectivity index is 2.16. The summed E-state index contributed by atoms with van der Waals surface area (Å²) in [6, 6.07) is 8.37. The number of carbonyl (C=O) groups is 1. The minimum atomic E-state index is -0.487. The zero-order valence-corrected chi connectivity index (χ0v) is 14.9. The molecule has 0 aliphatic rings. The number of ether oxygens (including phenoxy) is 1. The highest BCUT2D eigenvalue weighted by Gasteiger charge is 2.15. The summed E-state index contributed by atoms with van der Waals surface area (Å²) in [4.78, 5) is 25.2. The van der Waals surface area contributed by atoms with Gasteiger partial charge in [-0.2, -0.15) is 10.5 Å². The zero-order chi connectivity index (χ0) is 19.1. The molecule has 2 rings (SSSR count). The summed E-state index contributed by atoms with van der Waals surface area (Å²) < 4.78 is 10.6. The third kappa shape index (κ3) is 4.75. The van der Waals surface area contributed by atoms with Crippen LogP contribution in [0.1, 0.15) is 18.4 Å². The highest BCUT2D eigenvalue weighted by molar-refractivity contribution is 6.32. The molecule has 26 heavy (non-hydrogen) atoms. The Bertz CT molecular complexity index is 938. The van der Waals surface area contributed by atoms with Gasteiger partial charge in [0.1, 0.15) is 11.3 Å². The van der Waals surface area contributed by atoms with E-state index in [9.17, 15) is 9.59 Å². The fourth-order valence-electron chi connectivity index (χ4n) is 2.39. The number of amides is 1. The van der Waals surface area contributed by atoms with Gasteiger partial charge in [0.05, 0.1) is 30.0 Å². The van der Waals surface area contributed by atoms with Crippen molar-refractivity contribution in [2.24, 2.45) is 0 Å². The van der Waals surface area contributed by atoms with Crippen LogP contribution in [-0.4, -0.2) is 30.5 Å². The molecule has 0 aliphatic carbocycles. The van der Waals surface area contributed by atoms with Gasteiger partial charge in [-0.05, 0) is 18.6 Å². The van der Waals surface area contributed by atoms with Crippen LogP contribution in [0.25, 0.3) is 11.0 Å². The average molecular weight is 374 g/mol. The van der Waals surface area contributed by atoms with Crippen LogP contribution in [0, 0.1) is 29.6 Å². The number of carbonyl (C=O) groups excluding carboxylic acids is 1. The van der Waals surface area contributed by atoms with E-state index < -0.39 is 5.63 Å². The van der Waals surface area contributed by atoms with Gasteiger partial charge in [-0.25, -0.2) is 4.79 Å². The molecule has 0 spiro atoms. The average Bonchev–Trinajstić information content (AvgIpc) is 2.60. The number of hydrogen-bond acceptors (Lipinski definition) is 6. The number of hydrogen-bond donors (Lipinski definition) is 0. The molecular weight excluding hydrogens is 358 g/mol. The second-order valence-corrected chi connectivity index (χ2v) is 5.92. The standard InChI is InChI=1S/C18H16ClN3O4/c1-12-8-18(24)26-15-10-16(14(19)9-13(12)15)25-11-17(23)22(6-2-4-20)7-3-5-21/h8-10H,2-3,6-7,11H2,1H3. The maximum atomic E-state index is 12.3. The number of rotatable bonds is 7. The summed E-state index contributed by atoms with van der Waals surface area (Å²) in [6.45, 7) is 1.90. The quantitative estimate of drug-likeness (QED) is 0.690. The van der Waals surface area contributed by atoms with Crippen LogP contribution in [0.3, 0.4) is 0 Å². The number of nitrogens with zero attached hydrogens (tertiary/aromatic N) is 3. The van der Waals surface area contributed by atoms with Crippen molar-refractivity contribution in [1.82, 2.24) is 4.90 Å². The van der Waals surface area contributed by atoms with Crippen LogP contribution in [0.15, 0.2) is 27.4 Å². The maximum absolute atomic E-state index is 12.3. The molecule has 8 heteroatoms. The Morgan fingerprint density at radius 1 is 1.23 bits per heavy atom. The first-order valence-electron chi connectivity index (χ1n) is 7.84. The number of fused-ring (bicyclic) bond motifs is 1. The molecule has 0 unspecified atom stereocenters. The molecule has 0 saturated heterocycles. The smallest absolute Gasteiger partial charge is 0.336 e. The number of nitriles is 2. The molecule has 1 heterocycles. The molecule has 0 aliphatic heterocycles. The van der Waals surface area contributed by atoms with Crippen molar-refractivity contribution in [3.05, 3.63) is 39.2 Å². The lowest BCUT2D eigenvalue weighted by atomic mass is 10.1. The topological polar surface area (TPSA) is 107 Å². The molecular formula is C18H16ClN3O4. The van der Waals surface area contributed by atoms with Crippen molar-refractivity contribution in [2.45, 2.75) is 19.8 Å². The molecule has 1 amide bonds. The molecule has 0 N–H and O–H groups in total. The molecule has 1 aromatic carbocycles. The van der Waals surface area contributed by atoms with E-state index in [1.165, 1.54) is 17.0 Å². The van der Waals surface area contributed by atoms with Crippen molar-refractivity contribution in [3.8, 4) is 17.9 Å². The molecule has 0 radical (unpaired) electrons. The van der Waals surface area contributed by atoms with Gasteiger partial charge in [-0.15, -0.1) is 0 Å². The Labute approximate surface area is 154 Å². The third-order valence-corrected chi connectivity index (χ3v) is 3.99. The van der Waals surface area contributed by atoms with Gasteiger partial charge in [0.15, 0.2) is 6.61 Å². The third-order valence-electron chi connectivity index (χ3n) is 3.69. The second-order valence-electron chi connectivity index (χ2n) is 5.51. The fraction of sp³-hybridized carbons (Fsp3) is 0.333. The van der Waals surface area contributed by atoms with Gasteiger partial charge in [0, 0.05) is 30.6 Å². The van der Waals surface area contributed by atoms with Crippen LogP contribution in [0.4, 0.5) is 0 Å². The Hall–Kier alpha value is -3.03. The molecule has 0 bridgehead atoms. The molecule has 2 aromatic rings. The molecule has 0 saturated carbocycles. The first kappa shape index (κ1) is 19.3. The maximum Gasteiger partial charge on any atom is 0.336 e. The number of aryl methyl sites for hydroxylation is 1. The lowest BCUT2D eigenvalue weighted by Gasteiger charge is -2.20. The molecule has 0 fully saturated rings. The van der Waals surface area contributed by atoms with Crippen molar-refractivity contribution < 1.29 is 13.9 Å². The summed E-state index contributed by atoms with van der Waals surface area (Å²) >= 11 is 6.19. The summed E-state index contributed by atoms with van der Waals surface area (Å²) in [5.41, 5.74) is 0.547. The predicted molar refractivity (Wildman–Crippen MR) is 94.8 cm³/mol. The summed E-state index contributed by atoms with van der Waals surface area (Å²) in [5.74, 6) is -0.154. The SMILES string of the molecule is Cc1cc(=O)oc2cc(OCC(=O)N(CCC#N)CCC#N)c(Cl)cc12. The zero-order valence-electron chi connectivity index (χ0n) is 14.1. The van der Waals surface area contributed by atoms with Gasteiger partial charge in [0.25, 0.3) is 5.91 Å². The minimum absolute atomic E-state index is 0.165. The van der Waals surface area contributed by atoms with Crippen LogP contribution in [0.2, 0.25) is 5.02 Å². The minimum Gasteiger partial charge on any atom is -0.482 e. The van der Waals surface area contributed by atoms with Gasteiger partial charge < -0.3 is 14.1 Å². The van der Waals surface area contributed by atoms with Gasteiger partial charge in [-0.1, -0.05) is 11.6 Å². The van der Waals surface area contributed by atoms with Crippen LogP contribution < -0.4 is 10.4 Å². The fourth-order valence-corrected chi connectivity index (χ4v) is 2.61. The lowest BCUT2D eigenvalue weighted by molar-refractivity contribution is -0.133. The Morgan fingerprint density at radius 2 is 1.88 bits per heavy atom. The normalized spacial score (nSPS) is 10.2.